The Labute approximate surface area is 141 Å². The molecule has 0 radical (unpaired) electrons. The summed E-state index contributed by atoms with van der Waals surface area (Å²) in [5, 5.41) is 6.41. The molecule has 1 aromatic carbocycles. The zero-order chi connectivity index (χ0) is 16.0. The smallest absolute Gasteiger partial charge is 0.260 e. The first-order chi connectivity index (χ1) is 11.0. The summed E-state index contributed by atoms with van der Waals surface area (Å²) in [4.78, 5) is 12.2. The molecule has 5 rings (SSSR count). The van der Waals surface area contributed by atoms with Crippen LogP contribution < -0.4 is 10.6 Å². The van der Waals surface area contributed by atoms with Crippen LogP contribution in [0.2, 0.25) is 0 Å². The zero-order valence-electron chi connectivity index (χ0n) is 13.0. The summed E-state index contributed by atoms with van der Waals surface area (Å²) in [7, 11) is 0. The molecule has 3 nitrogen and oxygen atoms in total. The second-order valence-corrected chi connectivity index (χ2v) is 7.99. The number of carbonyl (C=O) groups is 1. The van der Waals surface area contributed by atoms with Crippen molar-refractivity contribution in [3.8, 4) is 0 Å². The van der Waals surface area contributed by atoms with Gasteiger partial charge in [-0.3, -0.25) is 10.1 Å². The van der Waals surface area contributed by atoms with Crippen molar-refractivity contribution in [1.29, 1.82) is 0 Å². The average Bonchev–Trinajstić information content (AvgIpc) is 2.45. The number of carbonyl (C=O) groups excluding carboxylic acids is 1. The van der Waals surface area contributed by atoms with Gasteiger partial charge in [0.1, 0.15) is 5.82 Å². The van der Waals surface area contributed by atoms with Crippen molar-refractivity contribution < 1.29 is 9.18 Å². The Morgan fingerprint density at radius 1 is 1.09 bits per heavy atom. The summed E-state index contributed by atoms with van der Waals surface area (Å²) < 4.78 is 13.7. The predicted octanol–water partition coefficient (Wildman–Crippen LogP) is 3.40. The van der Waals surface area contributed by atoms with Crippen LogP contribution in [0.3, 0.4) is 0 Å². The molecule has 5 heteroatoms. The maximum atomic E-state index is 13.7. The number of hydrogen-bond donors (Lipinski definition) is 2. The highest BCUT2D eigenvalue weighted by atomic mass is 32.1. The maximum absolute atomic E-state index is 13.7. The Balaban J connectivity index is 1.43. The number of halogens is 1. The van der Waals surface area contributed by atoms with Crippen LogP contribution in [0.15, 0.2) is 24.3 Å². The largest absolute Gasteiger partial charge is 0.357 e. The number of amides is 1. The van der Waals surface area contributed by atoms with Crippen molar-refractivity contribution in [3.63, 3.8) is 0 Å². The molecule has 0 unspecified atom stereocenters. The van der Waals surface area contributed by atoms with Gasteiger partial charge in [-0.15, -0.1) is 0 Å². The first kappa shape index (κ1) is 15.1. The van der Waals surface area contributed by atoms with Crippen LogP contribution >= 0.6 is 12.2 Å². The van der Waals surface area contributed by atoms with Crippen molar-refractivity contribution in [3.05, 3.63) is 35.6 Å². The third-order valence-corrected chi connectivity index (χ3v) is 5.97. The van der Waals surface area contributed by atoms with E-state index in [1.807, 2.05) is 0 Å². The SMILES string of the molecule is O=C(NC(=S)NC12CC3CC(CC(C3)C1)C2)c1ccccc1F. The fourth-order valence-electron chi connectivity index (χ4n) is 5.35. The van der Waals surface area contributed by atoms with Crippen LogP contribution in [0.5, 0.6) is 0 Å². The van der Waals surface area contributed by atoms with Gasteiger partial charge in [0.2, 0.25) is 0 Å². The van der Waals surface area contributed by atoms with Gasteiger partial charge in [-0.2, -0.15) is 0 Å². The minimum Gasteiger partial charge on any atom is -0.357 e. The first-order valence-electron chi connectivity index (χ1n) is 8.41. The van der Waals surface area contributed by atoms with Gasteiger partial charge in [0.15, 0.2) is 5.11 Å². The molecule has 2 N–H and O–H groups in total. The maximum Gasteiger partial charge on any atom is 0.260 e. The van der Waals surface area contributed by atoms with E-state index in [2.05, 4.69) is 10.6 Å². The second kappa shape index (κ2) is 5.55. The second-order valence-electron chi connectivity index (χ2n) is 7.59. The van der Waals surface area contributed by atoms with Crippen molar-refractivity contribution in [1.82, 2.24) is 10.6 Å². The van der Waals surface area contributed by atoms with Crippen LogP contribution in [0.1, 0.15) is 48.9 Å². The summed E-state index contributed by atoms with van der Waals surface area (Å²) in [5.41, 5.74) is 0.0797. The topological polar surface area (TPSA) is 41.1 Å². The zero-order valence-corrected chi connectivity index (χ0v) is 13.8. The molecule has 4 aliphatic rings. The molecular weight excluding hydrogens is 311 g/mol. The van der Waals surface area contributed by atoms with Crippen LogP contribution in [0.25, 0.3) is 0 Å². The van der Waals surface area contributed by atoms with Gasteiger partial charge >= 0.3 is 0 Å². The van der Waals surface area contributed by atoms with Gasteiger partial charge in [0.05, 0.1) is 5.56 Å². The molecule has 0 aliphatic heterocycles. The number of rotatable bonds is 2. The van der Waals surface area contributed by atoms with Crippen LogP contribution in [-0.2, 0) is 0 Å². The van der Waals surface area contributed by atoms with Crippen LogP contribution in [0, 0.1) is 23.6 Å². The van der Waals surface area contributed by atoms with Crippen molar-refractivity contribution in [2.45, 2.75) is 44.1 Å². The highest BCUT2D eigenvalue weighted by Gasteiger charge is 2.51. The summed E-state index contributed by atoms with van der Waals surface area (Å²) in [6, 6.07) is 5.97. The Morgan fingerprint density at radius 3 is 2.22 bits per heavy atom. The molecule has 23 heavy (non-hydrogen) atoms. The number of benzene rings is 1. The number of thiocarbonyl (C=S) groups is 1. The van der Waals surface area contributed by atoms with E-state index in [0.717, 1.165) is 37.0 Å². The van der Waals surface area contributed by atoms with Crippen molar-refractivity contribution in [2.24, 2.45) is 17.8 Å². The molecule has 0 spiro atoms. The van der Waals surface area contributed by atoms with Gasteiger partial charge in [-0.25, -0.2) is 4.39 Å². The van der Waals surface area contributed by atoms with E-state index in [9.17, 15) is 9.18 Å². The predicted molar refractivity (Wildman–Crippen MR) is 90.5 cm³/mol. The molecule has 4 saturated carbocycles. The molecule has 4 bridgehead atoms. The third-order valence-electron chi connectivity index (χ3n) is 5.76. The molecular formula is C18H21FN2OS. The molecule has 0 saturated heterocycles. The fraction of sp³-hybridized carbons (Fsp3) is 0.556. The van der Waals surface area contributed by atoms with Crippen LogP contribution in [-0.4, -0.2) is 16.6 Å². The molecule has 4 fully saturated rings. The van der Waals surface area contributed by atoms with E-state index in [0.29, 0.717) is 5.11 Å². The lowest BCUT2D eigenvalue weighted by Gasteiger charge is -2.57. The summed E-state index contributed by atoms with van der Waals surface area (Å²) in [6.07, 6.45) is 7.51. The van der Waals surface area contributed by atoms with E-state index >= 15 is 0 Å². The summed E-state index contributed by atoms with van der Waals surface area (Å²) in [5.74, 6) is 1.41. The Bertz CT molecular complexity index is 625. The molecule has 4 aliphatic carbocycles. The minimum absolute atomic E-state index is 0.0298. The van der Waals surface area contributed by atoms with Gasteiger partial charge in [0.25, 0.3) is 5.91 Å². The van der Waals surface area contributed by atoms with Gasteiger partial charge in [-0.05, 0) is 80.6 Å². The van der Waals surface area contributed by atoms with E-state index < -0.39 is 11.7 Å². The molecule has 1 aromatic rings. The lowest BCUT2D eigenvalue weighted by molar-refractivity contribution is -0.0101. The van der Waals surface area contributed by atoms with E-state index in [1.165, 1.54) is 31.4 Å². The third kappa shape index (κ3) is 2.87. The normalized spacial score (nSPS) is 34.2. The lowest BCUT2D eigenvalue weighted by atomic mass is 9.53. The number of nitrogens with one attached hydrogen (secondary N) is 2. The summed E-state index contributed by atoms with van der Waals surface area (Å²) in [6.45, 7) is 0. The highest BCUT2D eigenvalue weighted by Crippen LogP contribution is 2.55. The standard InChI is InChI=1S/C18H21FN2OS/c19-15-4-2-1-3-14(15)16(22)20-17(23)21-18-8-11-5-12(9-18)7-13(6-11)10-18/h1-4,11-13H,5-10H2,(H2,20,21,22,23). The fourth-order valence-corrected chi connectivity index (χ4v) is 5.66. The quantitative estimate of drug-likeness (QED) is 0.816. The van der Waals surface area contributed by atoms with Crippen molar-refractivity contribution in [2.75, 3.05) is 0 Å². The van der Waals surface area contributed by atoms with Gasteiger partial charge in [0, 0.05) is 5.54 Å². The van der Waals surface area contributed by atoms with E-state index in [1.54, 1.807) is 12.1 Å². The van der Waals surface area contributed by atoms with Crippen molar-refractivity contribution >= 4 is 23.2 Å². The first-order valence-corrected chi connectivity index (χ1v) is 8.82. The lowest BCUT2D eigenvalue weighted by Crippen LogP contribution is -2.61. The van der Waals surface area contributed by atoms with Gasteiger partial charge < -0.3 is 5.32 Å². The molecule has 0 atom stereocenters. The van der Waals surface area contributed by atoms with E-state index in [4.69, 9.17) is 12.2 Å². The monoisotopic (exact) mass is 332 g/mol. The number of hydrogen-bond acceptors (Lipinski definition) is 2. The highest BCUT2D eigenvalue weighted by molar-refractivity contribution is 7.80. The minimum atomic E-state index is -0.525. The van der Waals surface area contributed by atoms with E-state index in [-0.39, 0.29) is 11.1 Å². The molecule has 1 amide bonds. The molecule has 0 aromatic heterocycles. The summed E-state index contributed by atoms with van der Waals surface area (Å²) >= 11 is 5.34. The van der Waals surface area contributed by atoms with Crippen LogP contribution in [0.4, 0.5) is 4.39 Å². The molecule has 122 valence electrons. The Hall–Kier alpha value is -1.49. The Kier molecular flexibility index (Phi) is 3.63. The molecule has 0 heterocycles. The Morgan fingerprint density at radius 2 is 1.65 bits per heavy atom. The van der Waals surface area contributed by atoms with Gasteiger partial charge in [-0.1, -0.05) is 12.1 Å². The average molecular weight is 332 g/mol.